The Bertz CT molecular complexity index is 615. The van der Waals surface area contributed by atoms with Crippen LogP contribution in [-0.4, -0.2) is 51.3 Å². The molecule has 0 aliphatic carbocycles. The summed E-state index contributed by atoms with van der Waals surface area (Å²) in [6.45, 7) is 5.72. The zero-order valence-electron chi connectivity index (χ0n) is 14.2. The molecule has 23 heavy (non-hydrogen) atoms. The van der Waals surface area contributed by atoms with Crippen LogP contribution in [0, 0.1) is 6.92 Å². The fraction of sp³-hybridized carbons (Fsp3) is 0.562. The van der Waals surface area contributed by atoms with Crippen LogP contribution in [0.2, 0.25) is 0 Å². The van der Waals surface area contributed by atoms with Crippen molar-refractivity contribution in [2.24, 2.45) is 0 Å². The topological polar surface area (TPSA) is 66.5 Å². The van der Waals surface area contributed by atoms with Crippen molar-refractivity contribution < 1.29 is 13.2 Å². The second-order valence-electron chi connectivity index (χ2n) is 6.08. The number of carbonyl (C=O) groups is 1. The first-order chi connectivity index (χ1) is 10.6. The van der Waals surface area contributed by atoms with Gasteiger partial charge < -0.3 is 5.32 Å². The van der Waals surface area contributed by atoms with Crippen LogP contribution in [0.15, 0.2) is 24.3 Å². The fourth-order valence-corrected chi connectivity index (χ4v) is 3.52. The first-order valence-electron chi connectivity index (χ1n) is 7.67. The molecule has 0 spiro atoms. The van der Waals surface area contributed by atoms with Crippen molar-refractivity contribution in [3.63, 3.8) is 0 Å². The maximum Gasteiger partial charge on any atom is 0.220 e. The zero-order valence-corrected chi connectivity index (χ0v) is 15.1. The summed E-state index contributed by atoms with van der Waals surface area (Å²) in [6.07, 6.45) is 1.77. The van der Waals surface area contributed by atoms with Gasteiger partial charge in [-0.05, 0) is 38.7 Å². The molecule has 0 aliphatic rings. The number of aryl methyl sites for hydroxylation is 1. The van der Waals surface area contributed by atoms with E-state index >= 15 is 0 Å². The summed E-state index contributed by atoms with van der Waals surface area (Å²) in [6, 6.07) is 7.77. The summed E-state index contributed by atoms with van der Waals surface area (Å²) in [4.78, 5) is 11.9. The molecule has 2 radical (unpaired) electrons. The number of carbonyl (C=O) groups excluding carboxylic acids is 1. The number of benzene rings is 1. The van der Waals surface area contributed by atoms with Gasteiger partial charge in [0.15, 0.2) is 0 Å². The van der Waals surface area contributed by atoms with Crippen LogP contribution in [0.3, 0.4) is 0 Å². The molecule has 0 fully saturated rings. The Morgan fingerprint density at radius 1 is 1.26 bits per heavy atom. The molecule has 1 aromatic carbocycles. The normalized spacial score (nSPS) is 13.3. The second kappa shape index (κ2) is 8.50. The van der Waals surface area contributed by atoms with Crippen molar-refractivity contribution in [2.45, 2.75) is 45.6 Å². The first-order valence-corrected chi connectivity index (χ1v) is 9.51. The molecular weight excluding hydrogens is 311 g/mol. The monoisotopic (exact) mass is 336 g/mol. The number of sulfonamides is 1. The van der Waals surface area contributed by atoms with Crippen LogP contribution in [0.1, 0.15) is 31.4 Å². The van der Waals surface area contributed by atoms with E-state index in [4.69, 9.17) is 7.85 Å². The van der Waals surface area contributed by atoms with Gasteiger partial charge in [0, 0.05) is 19.0 Å². The molecule has 126 valence electrons. The van der Waals surface area contributed by atoms with E-state index in [0.29, 0.717) is 6.42 Å². The van der Waals surface area contributed by atoms with Crippen LogP contribution in [-0.2, 0) is 21.2 Å². The summed E-state index contributed by atoms with van der Waals surface area (Å²) < 4.78 is 24.6. The third kappa shape index (κ3) is 7.18. The first kappa shape index (κ1) is 19.7. The minimum atomic E-state index is -3.32. The molecule has 1 N–H and O–H groups in total. The lowest BCUT2D eigenvalue weighted by Gasteiger charge is -2.24. The third-order valence-electron chi connectivity index (χ3n) is 3.48. The lowest BCUT2D eigenvalue weighted by Crippen LogP contribution is -2.41. The van der Waals surface area contributed by atoms with Crippen molar-refractivity contribution in [2.75, 3.05) is 12.8 Å². The van der Waals surface area contributed by atoms with E-state index in [1.165, 1.54) is 9.87 Å². The average molecular weight is 336 g/mol. The van der Waals surface area contributed by atoms with Gasteiger partial charge in [0.2, 0.25) is 15.9 Å². The van der Waals surface area contributed by atoms with E-state index in [2.05, 4.69) is 5.32 Å². The van der Waals surface area contributed by atoms with E-state index in [1.54, 1.807) is 13.8 Å². The van der Waals surface area contributed by atoms with E-state index in [0.717, 1.165) is 11.8 Å². The highest BCUT2D eigenvalue weighted by Gasteiger charge is 2.21. The Balaban J connectivity index is 2.48. The largest absolute Gasteiger partial charge is 0.362 e. The minimum Gasteiger partial charge on any atom is -0.362 e. The summed E-state index contributed by atoms with van der Waals surface area (Å²) >= 11 is 0. The quantitative estimate of drug-likeness (QED) is 0.726. The predicted molar refractivity (Wildman–Crippen MR) is 93.9 cm³/mol. The van der Waals surface area contributed by atoms with Crippen molar-refractivity contribution >= 4 is 23.8 Å². The molecule has 0 saturated heterocycles. The number of nitrogens with one attached hydrogen (secondary N) is 1. The molecule has 1 amide bonds. The molecule has 1 atom stereocenters. The molecule has 0 aromatic heterocycles. The maximum atomic E-state index is 11.9. The number of rotatable bonds is 8. The Labute approximate surface area is 140 Å². The van der Waals surface area contributed by atoms with Gasteiger partial charge in [0.25, 0.3) is 0 Å². The van der Waals surface area contributed by atoms with Gasteiger partial charge in [0.05, 0.1) is 14.1 Å². The van der Waals surface area contributed by atoms with Crippen LogP contribution in [0.5, 0.6) is 0 Å². The molecule has 1 rings (SSSR count). The van der Waals surface area contributed by atoms with Gasteiger partial charge in [-0.25, -0.2) is 8.42 Å². The van der Waals surface area contributed by atoms with Gasteiger partial charge in [-0.15, -0.1) is 0 Å². The van der Waals surface area contributed by atoms with Gasteiger partial charge in [-0.3, -0.25) is 4.79 Å². The zero-order chi connectivity index (χ0) is 17.6. The maximum absolute atomic E-state index is 11.9. The second-order valence-corrected chi connectivity index (χ2v) is 8.02. The molecule has 0 aliphatic heterocycles. The van der Waals surface area contributed by atoms with E-state index < -0.39 is 16.0 Å². The molecule has 0 saturated carbocycles. The Morgan fingerprint density at radius 2 is 1.83 bits per heavy atom. The van der Waals surface area contributed by atoms with Crippen LogP contribution in [0.25, 0.3) is 0 Å². The number of amides is 1. The summed E-state index contributed by atoms with van der Waals surface area (Å²) in [5, 5.41) is 2.71. The molecule has 1 unspecified atom stereocenters. The summed E-state index contributed by atoms with van der Waals surface area (Å²) in [5.41, 5.74) is 2.21. The van der Waals surface area contributed by atoms with Gasteiger partial charge in [0.1, 0.15) is 0 Å². The minimum absolute atomic E-state index is 0.0901. The smallest absolute Gasteiger partial charge is 0.220 e. The van der Waals surface area contributed by atoms with Crippen molar-refractivity contribution in [3.05, 3.63) is 35.4 Å². The van der Waals surface area contributed by atoms with Crippen molar-refractivity contribution in [1.29, 1.82) is 0 Å². The SMILES string of the molecule is [B]C(Cc1ccc(C)cc1)NC(=O)CCN(C(C)C)S(C)(=O)=O. The lowest BCUT2D eigenvalue weighted by molar-refractivity contribution is -0.121. The van der Waals surface area contributed by atoms with E-state index in [-0.39, 0.29) is 24.9 Å². The van der Waals surface area contributed by atoms with E-state index in [9.17, 15) is 13.2 Å². The predicted octanol–water partition coefficient (Wildman–Crippen LogP) is 1.21. The van der Waals surface area contributed by atoms with Gasteiger partial charge in [-0.2, -0.15) is 4.31 Å². The Kier molecular flexibility index (Phi) is 7.28. The van der Waals surface area contributed by atoms with Crippen LogP contribution < -0.4 is 5.32 Å². The molecule has 1 aromatic rings. The highest BCUT2D eigenvalue weighted by molar-refractivity contribution is 7.88. The summed E-state index contributed by atoms with van der Waals surface area (Å²) in [7, 11) is 2.61. The lowest BCUT2D eigenvalue weighted by atomic mass is 9.89. The number of nitrogens with zero attached hydrogens (tertiary/aromatic N) is 1. The molecular formula is C16H25BN2O3S. The fourth-order valence-electron chi connectivity index (χ4n) is 2.33. The van der Waals surface area contributed by atoms with E-state index in [1.807, 2.05) is 31.2 Å². The number of hydrogen-bond donors (Lipinski definition) is 1. The molecule has 0 heterocycles. The van der Waals surface area contributed by atoms with Crippen LogP contribution >= 0.6 is 0 Å². The highest BCUT2D eigenvalue weighted by Crippen LogP contribution is 2.07. The molecule has 0 bridgehead atoms. The Hall–Kier alpha value is -1.34. The molecule has 5 nitrogen and oxygen atoms in total. The third-order valence-corrected chi connectivity index (χ3v) is 4.94. The summed E-state index contributed by atoms with van der Waals surface area (Å²) in [5.74, 6) is -0.741. The van der Waals surface area contributed by atoms with Crippen molar-refractivity contribution in [1.82, 2.24) is 9.62 Å². The number of hydrogen-bond acceptors (Lipinski definition) is 3. The average Bonchev–Trinajstić information content (AvgIpc) is 2.39. The standard InChI is InChI=1S/C16H25BN2O3S/c1-12(2)19(23(4,21)22)10-9-16(20)18-15(17)11-14-7-5-13(3)6-8-14/h5-8,12,15H,9-11H2,1-4H3,(H,18,20). The van der Waals surface area contributed by atoms with Gasteiger partial charge in [-0.1, -0.05) is 29.8 Å². The molecule has 7 heteroatoms. The van der Waals surface area contributed by atoms with Gasteiger partial charge >= 0.3 is 0 Å². The Morgan fingerprint density at radius 3 is 2.30 bits per heavy atom. The van der Waals surface area contributed by atoms with Crippen molar-refractivity contribution in [3.8, 4) is 0 Å². The highest BCUT2D eigenvalue weighted by atomic mass is 32.2. The van der Waals surface area contributed by atoms with Crippen LogP contribution in [0.4, 0.5) is 0 Å².